The minimum atomic E-state index is 0.348. The Balaban J connectivity index is 2.14. The van der Waals surface area contributed by atoms with Gasteiger partial charge >= 0.3 is 0 Å². The number of benzene rings is 2. The van der Waals surface area contributed by atoms with Gasteiger partial charge in [-0.25, -0.2) is 0 Å². The van der Waals surface area contributed by atoms with E-state index in [4.69, 9.17) is 44.3 Å². The highest BCUT2D eigenvalue weighted by molar-refractivity contribution is 6.42. The summed E-state index contributed by atoms with van der Waals surface area (Å²) in [6, 6.07) is 9.14. The molecule has 1 N–H and O–H groups in total. The fraction of sp³-hybridized carbons (Fsp3) is 0.368. The van der Waals surface area contributed by atoms with Crippen molar-refractivity contribution in [3.8, 4) is 11.5 Å². The van der Waals surface area contributed by atoms with Gasteiger partial charge in [-0.1, -0.05) is 47.8 Å². The summed E-state index contributed by atoms with van der Waals surface area (Å²) in [7, 11) is 0. The molecule has 0 saturated carbocycles. The minimum Gasteiger partial charge on any atom is -0.490 e. The van der Waals surface area contributed by atoms with Gasteiger partial charge in [0, 0.05) is 17.6 Å². The van der Waals surface area contributed by atoms with Crippen LogP contribution in [0.1, 0.15) is 31.4 Å². The molecule has 0 aromatic heterocycles. The van der Waals surface area contributed by atoms with E-state index in [0.717, 1.165) is 24.1 Å². The summed E-state index contributed by atoms with van der Waals surface area (Å²) in [5.74, 6) is 1.29. The average molecular weight is 403 g/mol. The maximum absolute atomic E-state index is 6.39. The monoisotopic (exact) mass is 401 g/mol. The Hall–Kier alpha value is -1.13. The van der Waals surface area contributed by atoms with Crippen LogP contribution in [-0.2, 0) is 13.2 Å². The molecule has 0 aliphatic rings. The van der Waals surface area contributed by atoms with Crippen molar-refractivity contribution in [2.45, 2.75) is 33.4 Å². The number of hydrogen-bond donors (Lipinski definition) is 1. The van der Waals surface area contributed by atoms with Crippen molar-refractivity contribution in [3.05, 3.63) is 56.5 Å². The maximum atomic E-state index is 6.39. The van der Waals surface area contributed by atoms with Crippen molar-refractivity contribution in [1.29, 1.82) is 0 Å². The Morgan fingerprint density at radius 1 is 0.880 bits per heavy atom. The van der Waals surface area contributed by atoms with Gasteiger partial charge in [-0.05, 0) is 49.2 Å². The summed E-state index contributed by atoms with van der Waals surface area (Å²) in [5.41, 5.74) is 1.90. The van der Waals surface area contributed by atoms with Crippen molar-refractivity contribution >= 4 is 34.8 Å². The Bertz CT molecular complexity index is 707. The van der Waals surface area contributed by atoms with Crippen molar-refractivity contribution in [2.75, 3.05) is 13.2 Å². The van der Waals surface area contributed by atoms with Crippen LogP contribution in [0.4, 0.5) is 0 Å². The summed E-state index contributed by atoms with van der Waals surface area (Å²) in [5, 5.41) is 5.02. The number of hydrogen-bond acceptors (Lipinski definition) is 3. The van der Waals surface area contributed by atoms with Crippen LogP contribution in [0.3, 0.4) is 0 Å². The molecular formula is C19H22Cl3NO2. The minimum absolute atomic E-state index is 0.348. The highest BCUT2D eigenvalue weighted by Crippen LogP contribution is 2.34. The molecule has 0 heterocycles. The molecule has 136 valence electrons. The van der Waals surface area contributed by atoms with E-state index < -0.39 is 0 Å². The van der Waals surface area contributed by atoms with Gasteiger partial charge < -0.3 is 14.8 Å². The predicted molar refractivity (Wildman–Crippen MR) is 105 cm³/mol. The number of halogens is 3. The van der Waals surface area contributed by atoms with E-state index >= 15 is 0 Å². The summed E-state index contributed by atoms with van der Waals surface area (Å²) in [6.45, 7) is 6.59. The Kier molecular flexibility index (Phi) is 8.17. The first-order valence-electron chi connectivity index (χ1n) is 8.27. The van der Waals surface area contributed by atoms with E-state index in [9.17, 15) is 0 Å². The average Bonchev–Trinajstić information content (AvgIpc) is 2.59. The van der Waals surface area contributed by atoms with Gasteiger partial charge in [0.15, 0.2) is 11.5 Å². The third kappa shape index (κ3) is 5.96. The molecule has 0 amide bonds. The van der Waals surface area contributed by atoms with Crippen molar-refractivity contribution in [2.24, 2.45) is 0 Å². The van der Waals surface area contributed by atoms with E-state index in [1.54, 1.807) is 18.2 Å². The highest BCUT2D eigenvalue weighted by Gasteiger charge is 2.12. The summed E-state index contributed by atoms with van der Waals surface area (Å²) in [4.78, 5) is 0. The third-order valence-corrected chi connectivity index (χ3v) is 4.62. The topological polar surface area (TPSA) is 30.5 Å². The van der Waals surface area contributed by atoms with Crippen LogP contribution in [0.2, 0.25) is 15.1 Å². The first-order valence-corrected chi connectivity index (χ1v) is 9.41. The summed E-state index contributed by atoms with van der Waals surface area (Å²) < 4.78 is 11.6. The van der Waals surface area contributed by atoms with Crippen LogP contribution in [0.25, 0.3) is 0 Å². The standard InChI is InChI=1S/C19H22Cl3NO2/c1-3-7-23-11-14-9-18(24-4-2)19(10-16(14)21)25-12-13-5-6-15(20)17(22)8-13/h5-6,8-10,23H,3-4,7,11-12H2,1-2H3. The van der Waals surface area contributed by atoms with Crippen LogP contribution >= 0.6 is 34.8 Å². The van der Waals surface area contributed by atoms with Gasteiger partial charge in [0.25, 0.3) is 0 Å². The predicted octanol–water partition coefficient (Wildman–Crippen LogP) is 6.12. The second-order valence-corrected chi connectivity index (χ2v) is 6.76. The maximum Gasteiger partial charge on any atom is 0.163 e. The molecule has 25 heavy (non-hydrogen) atoms. The van der Waals surface area contributed by atoms with Crippen LogP contribution in [0.5, 0.6) is 11.5 Å². The Morgan fingerprint density at radius 3 is 2.32 bits per heavy atom. The van der Waals surface area contributed by atoms with Gasteiger partial charge in [-0.15, -0.1) is 0 Å². The molecule has 2 aromatic carbocycles. The number of rotatable bonds is 9. The molecule has 0 saturated heterocycles. The molecule has 0 aliphatic carbocycles. The molecule has 0 radical (unpaired) electrons. The smallest absolute Gasteiger partial charge is 0.163 e. The van der Waals surface area contributed by atoms with Gasteiger partial charge in [0.2, 0.25) is 0 Å². The lowest BCUT2D eigenvalue weighted by molar-refractivity contribution is 0.269. The third-order valence-electron chi connectivity index (χ3n) is 3.53. The zero-order valence-corrected chi connectivity index (χ0v) is 16.6. The van der Waals surface area contributed by atoms with E-state index in [1.807, 2.05) is 19.1 Å². The molecule has 0 unspecified atom stereocenters. The zero-order chi connectivity index (χ0) is 18.2. The van der Waals surface area contributed by atoms with Crippen molar-refractivity contribution < 1.29 is 9.47 Å². The Labute approximate surface area is 164 Å². The van der Waals surface area contributed by atoms with Gasteiger partial charge in [0.05, 0.1) is 16.7 Å². The van der Waals surface area contributed by atoms with Crippen LogP contribution < -0.4 is 14.8 Å². The van der Waals surface area contributed by atoms with Crippen LogP contribution in [0.15, 0.2) is 30.3 Å². The number of nitrogens with one attached hydrogen (secondary N) is 1. The van der Waals surface area contributed by atoms with E-state index in [-0.39, 0.29) is 0 Å². The molecule has 6 heteroatoms. The molecule has 0 atom stereocenters. The first-order chi connectivity index (χ1) is 12.0. The Morgan fingerprint density at radius 2 is 1.64 bits per heavy atom. The lowest BCUT2D eigenvalue weighted by Crippen LogP contribution is -2.14. The zero-order valence-electron chi connectivity index (χ0n) is 14.4. The quantitative estimate of drug-likeness (QED) is 0.512. The van der Waals surface area contributed by atoms with Gasteiger partial charge in [0.1, 0.15) is 6.61 Å². The highest BCUT2D eigenvalue weighted by atomic mass is 35.5. The molecule has 0 bridgehead atoms. The largest absolute Gasteiger partial charge is 0.490 e. The second kappa shape index (κ2) is 10.1. The molecule has 0 aliphatic heterocycles. The lowest BCUT2D eigenvalue weighted by Gasteiger charge is -2.15. The lowest BCUT2D eigenvalue weighted by atomic mass is 10.2. The molecule has 2 rings (SSSR count). The fourth-order valence-electron chi connectivity index (χ4n) is 2.28. The molecule has 0 spiro atoms. The second-order valence-electron chi connectivity index (χ2n) is 5.54. The molecular weight excluding hydrogens is 381 g/mol. The van der Waals surface area contributed by atoms with E-state index in [1.165, 1.54) is 0 Å². The van der Waals surface area contributed by atoms with Crippen molar-refractivity contribution in [1.82, 2.24) is 5.32 Å². The molecule has 0 fully saturated rings. The summed E-state index contributed by atoms with van der Waals surface area (Å²) in [6.07, 6.45) is 1.07. The normalized spacial score (nSPS) is 10.8. The molecule has 3 nitrogen and oxygen atoms in total. The van der Waals surface area contributed by atoms with Crippen LogP contribution in [0, 0.1) is 0 Å². The van der Waals surface area contributed by atoms with E-state index in [0.29, 0.717) is 46.3 Å². The first kappa shape index (κ1) is 20.2. The van der Waals surface area contributed by atoms with Crippen LogP contribution in [-0.4, -0.2) is 13.2 Å². The fourth-order valence-corrected chi connectivity index (χ4v) is 2.83. The number of ether oxygens (including phenoxy) is 2. The molecule has 2 aromatic rings. The van der Waals surface area contributed by atoms with Gasteiger partial charge in [-0.3, -0.25) is 0 Å². The van der Waals surface area contributed by atoms with Gasteiger partial charge in [-0.2, -0.15) is 0 Å². The summed E-state index contributed by atoms with van der Waals surface area (Å²) >= 11 is 18.4. The van der Waals surface area contributed by atoms with E-state index in [2.05, 4.69) is 12.2 Å². The SMILES string of the molecule is CCCNCc1cc(OCC)c(OCc2ccc(Cl)c(Cl)c2)cc1Cl. The van der Waals surface area contributed by atoms with Crippen molar-refractivity contribution in [3.63, 3.8) is 0 Å².